The molecule has 3 aliphatic rings. The molecule has 2 saturated carbocycles. The lowest BCUT2D eigenvalue weighted by Gasteiger charge is -2.34. The van der Waals surface area contributed by atoms with E-state index in [1.54, 1.807) is 6.07 Å². The highest BCUT2D eigenvalue weighted by molar-refractivity contribution is 7.80. The van der Waals surface area contributed by atoms with Crippen molar-refractivity contribution in [3.8, 4) is 11.6 Å². The van der Waals surface area contributed by atoms with Crippen molar-refractivity contribution >= 4 is 40.4 Å². The van der Waals surface area contributed by atoms with Gasteiger partial charge >= 0.3 is 0 Å². The van der Waals surface area contributed by atoms with Crippen LogP contribution in [0, 0.1) is 23.5 Å². The van der Waals surface area contributed by atoms with Crippen molar-refractivity contribution in [2.24, 2.45) is 11.8 Å². The Morgan fingerprint density at radius 2 is 1.85 bits per heavy atom. The molecule has 6 rings (SSSR count). The van der Waals surface area contributed by atoms with Crippen molar-refractivity contribution in [2.45, 2.75) is 57.7 Å². The lowest BCUT2D eigenvalue weighted by molar-refractivity contribution is -0.119. The lowest BCUT2D eigenvalue weighted by Crippen LogP contribution is -2.45. The van der Waals surface area contributed by atoms with Gasteiger partial charge in [-0.15, -0.1) is 0 Å². The van der Waals surface area contributed by atoms with E-state index in [2.05, 4.69) is 37.7 Å². The van der Waals surface area contributed by atoms with Gasteiger partial charge < -0.3 is 25.6 Å². The van der Waals surface area contributed by atoms with Crippen molar-refractivity contribution in [2.75, 3.05) is 15.5 Å². The molecule has 3 aromatic rings. The Labute approximate surface area is 236 Å². The number of hydrogen-bond acceptors (Lipinski definition) is 7. The van der Waals surface area contributed by atoms with E-state index in [1.807, 2.05) is 0 Å². The topological polar surface area (TPSA) is 91.4 Å². The van der Waals surface area contributed by atoms with Crippen LogP contribution in [-0.4, -0.2) is 33.2 Å². The van der Waals surface area contributed by atoms with Gasteiger partial charge in [-0.25, -0.2) is 13.8 Å². The van der Waals surface area contributed by atoms with Crippen LogP contribution in [0.2, 0.25) is 0 Å². The SMILES string of the molecule is CCC1Nc2c(Oc3ccc(NC(=S)NC(=O)Cc4ccc(F)cc4)cc3F)ncnc2N1C(C1CC1)C1CC1. The number of carbonyl (C=O) groups is 1. The van der Waals surface area contributed by atoms with E-state index in [-0.39, 0.29) is 41.1 Å². The van der Waals surface area contributed by atoms with Gasteiger partial charge in [0.1, 0.15) is 24.0 Å². The number of amides is 1. The van der Waals surface area contributed by atoms with Crippen LogP contribution in [0.5, 0.6) is 11.6 Å². The second-order valence-corrected chi connectivity index (χ2v) is 11.0. The fraction of sp³-hybridized carbons (Fsp3) is 0.379. The number of anilines is 3. The van der Waals surface area contributed by atoms with Crippen LogP contribution in [0.3, 0.4) is 0 Å². The summed E-state index contributed by atoms with van der Waals surface area (Å²) < 4.78 is 34.1. The number of benzene rings is 2. The van der Waals surface area contributed by atoms with E-state index in [9.17, 15) is 9.18 Å². The Bertz CT molecular complexity index is 1420. The number of ether oxygens (including phenoxy) is 1. The fourth-order valence-corrected chi connectivity index (χ4v) is 5.62. The highest BCUT2D eigenvalue weighted by atomic mass is 32.1. The van der Waals surface area contributed by atoms with E-state index in [0.717, 1.165) is 12.2 Å². The largest absolute Gasteiger partial charge is 0.434 e. The molecule has 1 atom stereocenters. The van der Waals surface area contributed by atoms with Gasteiger partial charge in [0.15, 0.2) is 22.5 Å². The molecule has 11 heteroatoms. The maximum Gasteiger partial charge on any atom is 0.248 e. The Morgan fingerprint density at radius 1 is 1.12 bits per heavy atom. The van der Waals surface area contributed by atoms with Crippen LogP contribution in [0.15, 0.2) is 48.8 Å². The number of hydrogen-bond donors (Lipinski definition) is 3. The van der Waals surface area contributed by atoms with Crippen LogP contribution in [0.4, 0.5) is 26.0 Å². The smallest absolute Gasteiger partial charge is 0.248 e. The summed E-state index contributed by atoms with van der Waals surface area (Å²) >= 11 is 5.20. The van der Waals surface area contributed by atoms with E-state index in [4.69, 9.17) is 17.0 Å². The number of halogens is 2. The summed E-state index contributed by atoms with van der Waals surface area (Å²) in [5.74, 6) is 1.13. The van der Waals surface area contributed by atoms with Crippen LogP contribution >= 0.6 is 12.2 Å². The molecule has 0 radical (unpaired) electrons. The molecule has 2 aromatic carbocycles. The molecule has 8 nitrogen and oxygen atoms in total. The van der Waals surface area contributed by atoms with Crippen LogP contribution in [0.25, 0.3) is 0 Å². The zero-order valence-corrected chi connectivity index (χ0v) is 22.8. The third-order valence-corrected chi connectivity index (χ3v) is 7.73. The standard InChI is InChI=1S/C29H30F2N6O2S/c1-2-23-35-25-27(37(23)26(17-5-6-17)18-7-8-18)32-15-33-28(25)39-22-12-11-20(14-21(22)31)34-29(40)36-24(38)13-16-3-9-19(30)10-4-16/h3-4,9-12,14-15,17-18,23,26,35H,2,5-8,13H2,1H3,(H2,34,36,38,40). The average Bonchev–Trinajstić information content (AvgIpc) is 3.86. The van der Waals surface area contributed by atoms with Crippen LogP contribution < -0.4 is 25.6 Å². The quantitative estimate of drug-likeness (QED) is 0.283. The number of rotatable bonds is 9. The molecule has 2 heterocycles. The molecule has 1 amide bonds. The molecule has 3 N–H and O–H groups in total. The van der Waals surface area contributed by atoms with Gasteiger partial charge in [-0.05, 0) is 86.0 Å². The average molecular weight is 565 g/mol. The maximum atomic E-state index is 15.1. The van der Waals surface area contributed by atoms with Crippen LogP contribution in [0.1, 0.15) is 44.6 Å². The van der Waals surface area contributed by atoms with E-state index < -0.39 is 5.82 Å². The molecule has 1 aliphatic heterocycles. The monoisotopic (exact) mass is 564 g/mol. The normalized spacial score (nSPS) is 17.8. The Balaban J connectivity index is 1.12. The Kier molecular flexibility index (Phi) is 7.22. The summed E-state index contributed by atoms with van der Waals surface area (Å²) in [7, 11) is 0. The first kappa shape index (κ1) is 26.4. The predicted molar refractivity (Wildman–Crippen MR) is 152 cm³/mol. The molecule has 2 fully saturated rings. The zero-order chi connectivity index (χ0) is 27.8. The minimum atomic E-state index is -0.617. The van der Waals surface area contributed by atoms with Gasteiger partial charge in [-0.3, -0.25) is 4.79 Å². The Morgan fingerprint density at radius 3 is 2.50 bits per heavy atom. The zero-order valence-electron chi connectivity index (χ0n) is 22.0. The number of carbonyl (C=O) groups excluding carboxylic acids is 1. The second kappa shape index (κ2) is 11.0. The van der Waals surface area contributed by atoms with Gasteiger partial charge in [-0.2, -0.15) is 4.98 Å². The predicted octanol–water partition coefficient (Wildman–Crippen LogP) is 5.76. The van der Waals surface area contributed by atoms with E-state index in [1.165, 1.54) is 68.4 Å². The number of fused-ring (bicyclic) bond motifs is 1. The molecule has 1 aromatic heterocycles. The summed E-state index contributed by atoms with van der Waals surface area (Å²) in [4.78, 5) is 23.6. The van der Waals surface area contributed by atoms with Crippen molar-refractivity contribution in [3.63, 3.8) is 0 Å². The van der Waals surface area contributed by atoms with Gasteiger partial charge in [0, 0.05) is 17.8 Å². The fourth-order valence-electron chi connectivity index (χ4n) is 5.39. The molecule has 0 spiro atoms. The molecular formula is C29H30F2N6O2S. The summed E-state index contributed by atoms with van der Waals surface area (Å²) in [6.07, 6.45) is 7.50. The van der Waals surface area contributed by atoms with Crippen molar-refractivity contribution in [1.29, 1.82) is 0 Å². The Hall–Kier alpha value is -3.86. The van der Waals surface area contributed by atoms with Gasteiger partial charge in [0.25, 0.3) is 0 Å². The number of thiocarbonyl (C=S) groups is 1. The van der Waals surface area contributed by atoms with E-state index in [0.29, 0.717) is 34.8 Å². The summed E-state index contributed by atoms with van der Waals surface area (Å²) in [5.41, 5.74) is 1.67. The highest BCUT2D eigenvalue weighted by Crippen LogP contribution is 2.52. The molecule has 0 saturated heterocycles. The minimum absolute atomic E-state index is 0.00643. The number of nitrogens with one attached hydrogen (secondary N) is 3. The number of aromatic nitrogens is 2. The highest BCUT2D eigenvalue weighted by Gasteiger charge is 2.49. The van der Waals surface area contributed by atoms with Crippen molar-refractivity contribution < 1.29 is 18.3 Å². The first-order valence-corrected chi connectivity index (χ1v) is 14.0. The molecule has 208 valence electrons. The summed E-state index contributed by atoms with van der Waals surface area (Å²) in [5, 5.41) is 8.90. The van der Waals surface area contributed by atoms with E-state index >= 15 is 4.39 Å². The third kappa shape index (κ3) is 5.70. The van der Waals surface area contributed by atoms with Gasteiger partial charge in [0.05, 0.1) is 6.42 Å². The minimum Gasteiger partial charge on any atom is -0.434 e. The van der Waals surface area contributed by atoms with Gasteiger partial charge in [0.2, 0.25) is 11.8 Å². The second-order valence-electron chi connectivity index (χ2n) is 10.6. The maximum absolute atomic E-state index is 15.1. The van der Waals surface area contributed by atoms with Gasteiger partial charge in [-0.1, -0.05) is 19.1 Å². The van der Waals surface area contributed by atoms with Crippen LogP contribution in [-0.2, 0) is 11.2 Å². The summed E-state index contributed by atoms with van der Waals surface area (Å²) in [6.45, 7) is 2.14. The molecular weight excluding hydrogens is 534 g/mol. The molecule has 1 unspecified atom stereocenters. The lowest BCUT2D eigenvalue weighted by atomic mass is 10.0. The van der Waals surface area contributed by atoms with Crippen molar-refractivity contribution in [1.82, 2.24) is 15.3 Å². The third-order valence-electron chi connectivity index (χ3n) is 7.53. The first-order valence-electron chi connectivity index (χ1n) is 13.6. The molecule has 2 aliphatic carbocycles. The molecule has 40 heavy (non-hydrogen) atoms. The summed E-state index contributed by atoms with van der Waals surface area (Å²) in [6, 6.07) is 10.4. The first-order chi connectivity index (χ1) is 19.4. The van der Waals surface area contributed by atoms with Crippen molar-refractivity contribution in [3.05, 3.63) is 66.0 Å². The number of nitrogens with zero attached hydrogens (tertiary/aromatic N) is 3. The molecule has 0 bridgehead atoms.